The molecule has 1 saturated heterocycles. The van der Waals surface area contributed by atoms with Crippen molar-refractivity contribution in [3.05, 3.63) is 48.2 Å². The van der Waals surface area contributed by atoms with E-state index in [-0.39, 0.29) is 24.0 Å². The second-order valence-corrected chi connectivity index (χ2v) is 12.2. The molecule has 5 heterocycles. The van der Waals surface area contributed by atoms with Crippen molar-refractivity contribution < 1.29 is 14.3 Å². The van der Waals surface area contributed by atoms with E-state index in [0.717, 1.165) is 53.0 Å². The zero-order valence-electron chi connectivity index (χ0n) is 25.0. The van der Waals surface area contributed by atoms with Gasteiger partial charge in [0.1, 0.15) is 28.5 Å². The number of benzene rings is 1. The van der Waals surface area contributed by atoms with E-state index >= 15 is 0 Å². The SMILES string of the molecule is COc1nccc(Nc2ccc3cc(-c4nc5cc(C(=O)N6CC7CCC6C7N)cc(OC)c5n4C)n(CC4CC4)c3n2)n1. The van der Waals surface area contributed by atoms with Crippen LogP contribution in [0.2, 0.25) is 0 Å². The van der Waals surface area contributed by atoms with Gasteiger partial charge in [-0.2, -0.15) is 4.98 Å². The Kier molecular flexibility index (Phi) is 6.23. The number of ether oxygens (including phenoxy) is 2. The van der Waals surface area contributed by atoms with Crippen LogP contribution in [-0.4, -0.2) is 72.7 Å². The van der Waals surface area contributed by atoms with E-state index in [1.807, 2.05) is 30.1 Å². The van der Waals surface area contributed by atoms with Crippen molar-refractivity contribution in [3.8, 4) is 23.3 Å². The number of nitrogens with one attached hydrogen (secondary N) is 1. The molecule has 3 N–H and O–H groups in total. The van der Waals surface area contributed by atoms with Crippen LogP contribution in [0.1, 0.15) is 36.0 Å². The van der Waals surface area contributed by atoms with Gasteiger partial charge in [-0.3, -0.25) is 4.79 Å². The first-order chi connectivity index (χ1) is 21.4. The lowest BCUT2D eigenvalue weighted by Gasteiger charge is -2.27. The highest BCUT2D eigenvalue weighted by molar-refractivity contribution is 6.00. The summed E-state index contributed by atoms with van der Waals surface area (Å²) in [6.07, 6.45) is 6.10. The van der Waals surface area contributed by atoms with Crippen LogP contribution in [0.5, 0.6) is 11.8 Å². The standard InChI is InChI=1S/C32H35N9O3/c1-39-28-21(12-20(14-24(28)43-2)31(42)41-16-19-6-8-22(41)27(19)33)35-30(39)23-13-18-7-9-25(36-26-10-11-34-32(38-26)44-3)37-29(18)40(23)15-17-4-5-17/h7,9-14,17,19,22,27H,4-6,8,15-16,33H2,1-3H3,(H,34,36,37,38). The van der Waals surface area contributed by atoms with Gasteiger partial charge in [0.15, 0.2) is 5.82 Å². The molecule has 5 aromatic rings. The number of carbonyl (C=O) groups is 1. The first kappa shape index (κ1) is 26.9. The van der Waals surface area contributed by atoms with E-state index < -0.39 is 0 Å². The zero-order chi connectivity index (χ0) is 30.1. The molecule has 0 spiro atoms. The predicted octanol–water partition coefficient (Wildman–Crippen LogP) is 4.11. The Labute approximate surface area is 254 Å². The van der Waals surface area contributed by atoms with Gasteiger partial charge in [-0.05, 0) is 73.9 Å². The van der Waals surface area contributed by atoms with Gasteiger partial charge in [0.25, 0.3) is 5.91 Å². The lowest BCUT2D eigenvalue weighted by atomic mass is 10.1. The van der Waals surface area contributed by atoms with Crippen molar-refractivity contribution in [1.82, 2.24) is 34.0 Å². The van der Waals surface area contributed by atoms with Crippen LogP contribution in [0.15, 0.2) is 42.6 Å². The number of carbonyl (C=O) groups excluding carboxylic acids is 1. The van der Waals surface area contributed by atoms with Crippen molar-refractivity contribution in [3.63, 3.8) is 0 Å². The molecule has 226 valence electrons. The van der Waals surface area contributed by atoms with Gasteiger partial charge < -0.3 is 34.6 Å². The number of methoxy groups -OCH3 is 2. The fraction of sp³-hybridized carbons (Fsp3) is 0.406. The fourth-order valence-electron chi connectivity index (χ4n) is 7.03. The van der Waals surface area contributed by atoms with Crippen LogP contribution in [0, 0.1) is 11.8 Å². The number of aromatic nitrogens is 6. The molecule has 8 rings (SSSR count). The average molecular weight is 594 g/mol. The number of likely N-dealkylation sites (tertiary alicyclic amines) is 1. The van der Waals surface area contributed by atoms with Gasteiger partial charge in [-0.1, -0.05) is 0 Å². The summed E-state index contributed by atoms with van der Waals surface area (Å²) in [6.45, 7) is 1.56. The lowest BCUT2D eigenvalue weighted by molar-refractivity contribution is 0.0700. The fourth-order valence-corrected chi connectivity index (χ4v) is 7.03. The summed E-state index contributed by atoms with van der Waals surface area (Å²) in [4.78, 5) is 34.2. The molecule has 12 nitrogen and oxygen atoms in total. The van der Waals surface area contributed by atoms with Gasteiger partial charge in [0, 0.05) is 49.4 Å². The predicted molar refractivity (Wildman–Crippen MR) is 166 cm³/mol. The Morgan fingerprint density at radius 1 is 1.02 bits per heavy atom. The number of aryl methyl sites for hydroxylation is 1. The Hall–Kier alpha value is -4.71. The molecule has 2 saturated carbocycles. The molecule has 1 aromatic carbocycles. The molecule has 0 radical (unpaired) electrons. The van der Waals surface area contributed by atoms with Crippen LogP contribution in [0.4, 0.5) is 11.6 Å². The number of pyridine rings is 1. The molecular formula is C32H35N9O3. The third kappa shape index (κ3) is 4.35. The maximum absolute atomic E-state index is 13.7. The van der Waals surface area contributed by atoms with E-state index in [2.05, 4.69) is 36.6 Å². The lowest BCUT2D eigenvalue weighted by Crippen LogP contribution is -2.41. The molecular weight excluding hydrogens is 558 g/mol. The highest BCUT2D eigenvalue weighted by atomic mass is 16.5. The number of amides is 1. The first-order valence-corrected chi connectivity index (χ1v) is 15.2. The second kappa shape index (κ2) is 10.2. The van der Waals surface area contributed by atoms with Gasteiger partial charge in [-0.15, -0.1) is 0 Å². The van der Waals surface area contributed by atoms with Crippen LogP contribution in [0.25, 0.3) is 33.6 Å². The summed E-state index contributed by atoms with van der Waals surface area (Å²) in [5.41, 5.74) is 10.4. The molecule has 3 unspecified atom stereocenters. The largest absolute Gasteiger partial charge is 0.494 e. The summed E-state index contributed by atoms with van der Waals surface area (Å²) >= 11 is 0. The molecule has 2 bridgehead atoms. The quantitative estimate of drug-likeness (QED) is 0.272. The van der Waals surface area contributed by atoms with E-state index in [4.69, 9.17) is 25.2 Å². The van der Waals surface area contributed by atoms with E-state index in [9.17, 15) is 4.79 Å². The van der Waals surface area contributed by atoms with Crippen molar-refractivity contribution in [1.29, 1.82) is 0 Å². The number of rotatable bonds is 8. The summed E-state index contributed by atoms with van der Waals surface area (Å²) in [7, 11) is 5.17. The second-order valence-electron chi connectivity index (χ2n) is 12.2. The summed E-state index contributed by atoms with van der Waals surface area (Å²) in [5, 5.41) is 4.30. The minimum absolute atomic E-state index is 0.00608. The van der Waals surface area contributed by atoms with Gasteiger partial charge in [0.2, 0.25) is 0 Å². The van der Waals surface area contributed by atoms with Crippen LogP contribution >= 0.6 is 0 Å². The Balaban J connectivity index is 1.20. The molecule has 3 aliphatic rings. The zero-order valence-corrected chi connectivity index (χ0v) is 25.0. The molecule has 1 aliphatic heterocycles. The number of nitrogens with zero attached hydrogens (tertiary/aromatic N) is 7. The minimum atomic E-state index is -0.00608. The molecule has 1 amide bonds. The van der Waals surface area contributed by atoms with Crippen molar-refractivity contribution in [2.24, 2.45) is 24.6 Å². The van der Waals surface area contributed by atoms with Crippen molar-refractivity contribution in [2.75, 3.05) is 26.1 Å². The van der Waals surface area contributed by atoms with Crippen LogP contribution < -0.4 is 20.5 Å². The van der Waals surface area contributed by atoms with E-state index in [1.165, 1.54) is 20.0 Å². The minimum Gasteiger partial charge on any atom is -0.494 e. The maximum Gasteiger partial charge on any atom is 0.318 e. The average Bonchev–Trinajstić information content (AvgIpc) is 3.45. The van der Waals surface area contributed by atoms with Crippen molar-refractivity contribution in [2.45, 2.75) is 44.3 Å². The number of fused-ring (bicyclic) bond motifs is 4. The molecule has 44 heavy (non-hydrogen) atoms. The Morgan fingerprint density at radius 3 is 2.59 bits per heavy atom. The Morgan fingerprint density at radius 2 is 1.86 bits per heavy atom. The summed E-state index contributed by atoms with van der Waals surface area (Å²) in [5.74, 6) is 3.66. The monoisotopic (exact) mass is 593 g/mol. The molecule has 3 fully saturated rings. The number of piperidine rings is 1. The smallest absolute Gasteiger partial charge is 0.318 e. The number of hydrogen-bond acceptors (Lipinski definition) is 9. The van der Waals surface area contributed by atoms with E-state index in [0.29, 0.717) is 41.3 Å². The highest BCUT2D eigenvalue weighted by Crippen LogP contribution is 2.40. The van der Waals surface area contributed by atoms with Crippen LogP contribution in [0.3, 0.4) is 0 Å². The van der Waals surface area contributed by atoms with Gasteiger partial charge >= 0.3 is 6.01 Å². The van der Waals surface area contributed by atoms with Crippen LogP contribution in [-0.2, 0) is 13.6 Å². The third-order valence-corrected chi connectivity index (χ3v) is 9.50. The third-order valence-electron chi connectivity index (χ3n) is 9.50. The number of nitrogens with two attached hydrogens (primary N) is 1. The molecule has 3 atom stereocenters. The summed E-state index contributed by atoms with van der Waals surface area (Å²) in [6, 6.07) is 12.1. The molecule has 12 heteroatoms. The topological polar surface area (TPSA) is 138 Å². The highest BCUT2D eigenvalue weighted by Gasteiger charge is 2.47. The molecule has 2 aliphatic carbocycles. The normalized spacial score (nSPS) is 21.0. The maximum atomic E-state index is 13.7. The Bertz CT molecular complexity index is 1930. The van der Waals surface area contributed by atoms with Gasteiger partial charge in [0.05, 0.1) is 25.4 Å². The first-order valence-electron chi connectivity index (χ1n) is 15.2. The summed E-state index contributed by atoms with van der Waals surface area (Å²) < 4.78 is 15.3. The number of anilines is 2. The number of imidazole rings is 1. The van der Waals surface area contributed by atoms with Crippen molar-refractivity contribution >= 4 is 39.6 Å². The number of hydrogen-bond donors (Lipinski definition) is 2. The molecule has 4 aromatic heterocycles. The van der Waals surface area contributed by atoms with Gasteiger partial charge in [-0.25, -0.2) is 15.0 Å². The van der Waals surface area contributed by atoms with E-state index in [1.54, 1.807) is 19.4 Å².